The second-order valence-corrected chi connectivity index (χ2v) is 9.86. The highest BCUT2D eigenvalue weighted by molar-refractivity contribution is 7.89. The van der Waals surface area contributed by atoms with Gasteiger partial charge in [-0.15, -0.1) is 0 Å². The van der Waals surface area contributed by atoms with Crippen LogP contribution in [0.5, 0.6) is 0 Å². The van der Waals surface area contributed by atoms with Gasteiger partial charge in [-0.25, -0.2) is 8.42 Å². The summed E-state index contributed by atoms with van der Waals surface area (Å²) in [5.41, 5.74) is 1.38. The number of rotatable bonds is 7. The standard InChI is InChI=1S/C22H28ClN3O3S/c1-17(20-11-4-5-12-21(20)23)24-16-22(27)25-18-9-8-10-19(15-18)30(28,29)26-13-6-2-3-7-14-26/h4-5,8-12,15,17,24H,2-3,6-7,13-14,16H2,1H3,(H,25,27). The Balaban J connectivity index is 1.62. The predicted octanol–water partition coefficient (Wildman–Crippen LogP) is 4.19. The molecule has 0 aliphatic carbocycles. The fraction of sp³-hybridized carbons (Fsp3) is 0.409. The van der Waals surface area contributed by atoms with Crippen molar-refractivity contribution < 1.29 is 13.2 Å². The maximum absolute atomic E-state index is 13.0. The number of nitrogens with one attached hydrogen (secondary N) is 2. The van der Waals surface area contributed by atoms with Crippen LogP contribution in [0.25, 0.3) is 0 Å². The van der Waals surface area contributed by atoms with Crippen LogP contribution >= 0.6 is 11.6 Å². The Hall–Kier alpha value is -1.93. The van der Waals surface area contributed by atoms with Crippen molar-refractivity contribution in [3.63, 3.8) is 0 Å². The summed E-state index contributed by atoms with van der Waals surface area (Å²) in [6, 6.07) is 13.8. The number of hydrogen-bond acceptors (Lipinski definition) is 4. The van der Waals surface area contributed by atoms with Gasteiger partial charge in [-0.3, -0.25) is 4.79 Å². The van der Waals surface area contributed by atoms with Gasteiger partial charge in [-0.1, -0.05) is 48.7 Å². The molecule has 0 bridgehead atoms. The smallest absolute Gasteiger partial charge is 0.243 e. The van der Waals surface area contributed by atoms with Gasteiger partial charge in [0.1, 0.15) is 0 Å². The van der Waals surface area contributed by atoms with Crippen molar-refractivity contribution in [2.24, 2.45) is 0 Å². The Morgan fingerprint density at radius 3 is 2.47 bits per heavy atom. The summed E-state index contributed by atoms with van der Waals surface area (Å²) in [6.45, 7) is 3.10. The molecule has 1 heterocycles. The zero-order chi connectivity index (χ0) is 21.6. The van der Waals surface area contributed by atoms with Gasteiger partial charge < -0.3 is 10.6 Å². The molecule has 8 heteroatoms. The van der Waals surface area contributed by atoms with Crippen LogP contribution in [0.2, 0.25) is 5.02 Å². The number of hydrogen-bond donors (Lipinski definition) is 2. The molecular weight excluding hydrogens is 422 g/mol. The molecule has 0 aromatic heterocycles. The highest BCUT2D eigenvalue weighted by Crippen LogP contribution is 2.23. The summed E-state index contributed by atoms with van der Waals surface area (Å²) >= 11 is 6.20. The van der Waals surface area contributed by atoms with E-state index in [9.17, 15) is 13.2 Å². The lowest BCUT2D eigenvalue weighted by molar-refractivity contribution is -0.115. The third-order valence-corrected chi connectivity index (χ3v) is 7.50. The molecule has 1 unspecified atom stereocenters. The average Bonchev–Trinajstić information content (AvgIpc) is 3.03. The van der Waals surface area contributed by atoms with Crippen molar-refractivity contribution in [2.75, 3.05) is 25.0 Å². The molecule has 30 heavy (non-hydrogen) atoms. The first-order chi connectivity index (χ1) is 14.4. The monoisotopic (exact) mass is 449 g/mol. The lowest BCUT2D eigenvalue weighted by atomic mass is 10.1. The van der Waals surface area contributed by atoms with Crippen LogP contribution in [0.1, 0.15) is 44.2 Å². The molecule has 1 atom stereocenters. The van der Waals surface area contributed by atoms with E-state index in [0.29, 0.717) is 23.8 Å². The zero-order valence-corrected chi connectivity index (χ0v) is 18.7. The van der Waals surface area contributed by atoms with E-state index >= 15 is 0 Å². The van der Waals surface area contributed by atoms with Gasteiger partial charge >= 0.3 is 0 Å². The molecule has 162 valence electrons. The van der Waals surface area contributed by atoms with E-state index in [2.05, 4.69) is 10.6 Å². The van der Waals surface area contributed by atoms with Gasteiger partial charge in [0.15, 0.2) is 0 Å². The summed E-state index contributed by atoms with van der Waals surface area (Å²) in [5.74, 6) is -0.252. The molecule has 3 rings (SSSR count). The Bertz CT molecular complexity index is 973. The van der Waals surface area contributed by atoms with Gasteiger partial charge in [-0.05, 0) is 49.6 Å². The molecule has 2 N–H and O–H groups in total. The topological polar surface area (TPSA) is 78.5 Å². The fourth-order valence-electron chi connectivity index (χ4n) is 3.55. The minimum Gasteiger partial charge on any atom is -0.325 e. The first-order valence-electron chi connectivity index (χ1n) is 10.3. The number of carbonyl (C=O) groups excluding carboxylic acids is 1. The van der Waals surface area contributed by atoms with Crippen LogP contribution in [0.4, 0.5) is 5.69 Å². The molecule has 0 spiro atoms. The maximum Gasteiger partial charge on any atom is 0.243 e. The Labute approximate surface area is 183 Å². The van der Waals surface area contributed by atoms with Crippen molar-refractivity contribution in [3.8, 4) is 0 Å². The number of anilines is 1. The van der Waals surface area contributed by atoms with E-state index in [1.807, 2.05) is 31.2 Å². The summed E-state index contributed by atoms with van der Waals surface area (Å²) in [5, 5.41) is 6.56. The summed E-state index contributed by atoms with van der Waals surface area (Å²) in [4.78, 5) is 12.6. The number of nitrogens with zero attached hydrogens (tertiary/aromatic N) is 1. The van der Waals surface area contributed by atoms with E-state index in [0.717, 1.165) is 31.2 Å². The SMILES string of the molecule is CC(NCC(=O)Nc1cccc(S(=O)(=O)N2CCCCCC2)c1)c1ccccc1Cl. The first-order valence-corrected chi connectivity index (χ1v) is 12.1. The van der Waals surface area contributed by atoms with Gasteiger partial charge in [0.2, 0.25) is 15.9 Å². The van der Waals surface area contributed by atoms with Crippen LogP contribution in [-0.4, -0.2) is 38.3 Å². The van der Waals surface area contributed by atoms with Crippen molar-refractivity contribution in [3.05, 3.63) is 59.1 Å². The summed E-state index contributed by atoms with van der Waals surface area (Å²) < 4.78 is 27.5. The molecule has 1 saturated heterocycles. The quantitative estimate of drug-likeness (QED) is 0.664. The molecule has 1 amide bonds. The van der Waals surface area contributed by atoms with Crippen molar-refractivity contribution in [1.82, 2.24) is 9.62 Å². The van der Waals surface area contributed by atoms with Gasteiger partial charge in [0.25, 0.3) is 0 Å². The summed E-state index contributed by atoms with van der Waals surface area (Å²) in [6.07, 6.45) is 3.87. The van der Waals surface area contributed by atoms with Crippen LogP contribution in [0.15, 0.2) is 53.4 Å². The number of carbonyl (C=O) groups is 1. The maximum atomic E-state index is 13.0. The van der Waals surface area contributed by atoms with Crippen LogP contribution in [0.3, 0.4) is 0 Å². The molecule has 1 aliphatic rings. The van der Waals surface area contributed by atoms with Crippen molar-refractivity contribution in [2.45, 2.75) is 43.5 Å². The first kappa shape index (κ1) is 22.7. The van der Waals surface area contributed by atoms with E-state index in [-0.39, 0.29) is 23.4 Å². The number of amides is 1. The minimum absolute atomic E-state index is 0.0789. The molecule has 0 radical (unpaired) electrons. The molecule has 2 aromatic carbocycles. The molecule has 6 nitrogen and oxygen atoms in total. The Kier molecular flexibility index (Phi) is 7.88. The van der Waals surface area contributed by atoms with E-state index < -0.39 is 10.0 Å². The molecular formula is C22H28ClN3O3S. The Morgan fingerprint density at radius 1 is 1.07 bits per heavy atom. The number of benzene rings is 2. The van der Waals surface area contributed by atoms with E-state index in [1.165, 1.54) is 6.07 Å². The average molecular weight is 450 g/mol. The lowest BCUT2D eigenvalue weighted by Gasteiger charge is -2.20. The largest absolute Gasteiger partial charge is 0.325 e. The second-order valence-electron chi connectivity index (χ2n) is 7.52. The van der Waals surface area contributed by atoms with E-state index in [4.69, 9.17) is 11.6 Å². The number of sulfonamides is 1. The third-order valence-electron chi connectivity index (χ3n) is 5.26. The van der Waals surface area contributed by atoms with Gasteiger partial charge in [0.05, 0.1) is 11.4 Å². The van der Waals surface area contributed by atoms with Gasteiger partial charge in [0, 0.05) is 29.8 Å². The Morgan fingerprint density at radius 2 is 1.77 bits per heavy atom. The molecule has 2 aromatic rings. The van der Waals surface area contributed by atoms with Crippen molar-refractivity contribution >= 4 is 33.2 Å². The zero-order valence-electron chi connectivity index (χ0n) is 17.1. The van der Waals surface area contributed by atoms with Gasteiger partial charge in [-0.2, -0.15) is 4.31 Å². The van der Waals surface area contributed by atoms with E-state index in [1.54, 1.807) is 22.5 Å². The van der Waals surface area contributed by atoms with Crippen LogP contribution in [-0.2, 0) is 14.8 Å². The third kappa shape index (κ3) is 5.82. The summed E-state index contributed by atoms with van der Waals surface area (Å²) in [7, 11) is -3.56. The lowest BCUT2D eigenvalue weighted by Crippen LogP contribution is -2.32. The van der Waals surface area contributed by atoms with Crippen LogP contribution in [0, 0.1) is 0 Å². The number of halogens is 1. The van der Waals surface area contributed by atoms with Crippen LogP contribution < -0.4 is 10.6 Å². The molecule has 1 aliphatic heterocycles. The minimum atomic E-state index is -3.56. The normalized spacial score (nSPS) is 16.6. The molecule has 0 saturated carbocycles. The fourth-order valence-corrected chi connectivity index (χ4v) is 5.42. The second kappa shape index (κ2) is 10.4. The molecule has 1 fully saturated rings. The predicted molar refractivity (Wildman–Crippen MR) is 120 cm³/mol. The highest BCUT2D eigenvalue weighted by atomic mass is 35.5. The van der Waals surface area contributed by atoms with Crippen molar-refractivity contribution in [1.29, 1.82) is 0 Å². The highest BCUT2D eigenvalue weighted by Gasteiger charge is 2.25.